The molecule has 2 heterocycles. The monoisotopic (exact) mass is 486 g/mol. The Hall–Kier alpha value is -3.53. The minimum atomic E-state index is -3.33. The fourth-order valence-electron chi connectivity index (χ4n) is 5.24. The lowest BCUT2D eigenvalue weighted by Crippen LogP contribution is -2.62. The first-order chi connectivity index (χ1) is 16.7. The molecule has 2 aromatic rings. The van der Waals surface area contributed by atoms with Gasteiger partial charge in [0.05, 0.1) is 13.2 Å². The van der Waals surface area contributed by atoms with E-state index in [1.54, 1.807) is 0 Å². The van der Waals surface area contributed by atoms with Gasteiger partial charge in [0.1, 0.15) is 18.2 Å². The molecule has 0 aromatic heterocycles. The van der Waals surface area contributed by atoms with Gasteiger partial charge in [-0.15, -0.1) is 0 Å². The second kappa shape index (κ2) is 8.60. The number of nitrogens with zero attached hydrogens (tertiary/aromatic N) is 1. The first-order valence-corrected chi connectivity index (χ1v) is 11.3. The van der Waals surface area contributed by atoms with Crippen LogP contribution >= 0.6 is 0 Å². The minimum absolute atomic E-state index is 0.00449. The zero-order chi connectivity index (χ0) is 24.8. The molecule has 2 amide bonds. The number of likely N-dealkylation sites (tertiary alicyclic amines) is 1. The Morgan fingerprint density at radius 2 is 1.71 bits per heavy atom. The molecule has 2 fully saturated rings. The smallest absolute Gasteiger partial charge is 0.408 e. The number of carbonyl (C=O) groups excluding carboxylic acids is 2. The highest BCUT2D eigenvalue weighted by Gasteiger charge is 2.56. The Morgan fingerprint density at radius 3 is 2.29 bits per heavy atom. The summed E-state index contributed by atoms with van der Waals surface area (Å²) in [4.78, 5) is 38.2. The molecule has 2 atom stereocenters. The number of aliphatic carboxylic acids is 1. The Kier molecular flexibility index (Phi) is 5.71. The van der Waals surface area contributed by atoms with Crippen LogP contribution in [-0.4, -0.2) is 71.8 Å². The molecule has 35 heavy (non-hydrogen) atoms. The number of alkyl halides is 2. The van der Waals surface area contributed by atoms with Gasteiger partial charge < -0.3 is 24.8 Å². The van der Waals surface area contributed by atoms with Crippen LogP contribution in [0.1, 0.15) is 29.9 Å². The second-order valence-electron chi connectivity index (χ2n) is 9.18. The lowest BCUT2D eigenvalue weighted by molar-refractivity contribution is -0.151. The third kappa shape index (κ3) is 4.12. The van der Waals surface area contributed by atoms with E-state index in [0.29, 0.717) is 4.90 Å². The fourth-order valence-corrected chi connectivity index (χ4v) is 5.24. The minimum Gasteiger partial charge on any atom is -0.480 e. The maximum Gasteiger partial charge on any atom is 0.408 e. The largest absolute Gasteiger partial charge is 0.480 e. The summed E-state index contributed by atoms with van der Waals surface area (Å²) < 4.78 is 38.8. The van der Waals surface area contributed by atoms with Gasteiger partial charge in [-0.25, -0.2) is 18.4 Å². The SMILES string of the molecule is O=C(NC1(C(=O)N2CC(F)(F)C[C@@H]2C(=O)O)CCOC1)OCC1c2ccccc2-c2ccccc21. The summed E-state index contributed by atoms with van der Waals surface area (Å²) in [5, 5.41) is 11.9. The van der Waals surface area contributed by atoms with Crippen molar-refractivity contribution in [3.63, 3.8) is 0 Å². The highest BCUT2D eigenvalue weighted by molar-refractivity contribution is 5.94. The fraction of sp³-hybridized carbons (Fsp3) is 0.400. The van der Waals surface area contributed by atoms with Crippen LogP contribution in [0.25, 0.3) is 11.1 Å². The van der Waals surface area contributed by atoms with E-state index in [1.807, 2.05) is 48.5 Å². The number of benzene rings is 2. The van der Waals surface area contributed by atoms with Crippen LogP contribution in [0.2, 0.25) is 0 Å². The van der Waals surface area contributed by atoms with Crippen LogP contribution in [0.3, 0.4) is 0 Å². The number of carbonyl (C=O) groups is 3. The first kappa shape index (κ1) is 23.2. The molecule has 2 aromatic carbocycles. The number of nitrogens with one attached hydrogen (secondary N) is 1. The lowest BCUT2D eigenvalue weighted by Gasteiger charge is -2.33. The third-order valence-corrected chi connectivity index (χ3v) is 6.93. The summed E-state index contributed by atoms with van der Waals surface area (Å²) in [5.74, 6) is -5.96. The molecule has 10 heteroatoms. The molecular formula is C25H24F2N2O6. The quantitative estimate of drug-likeness (QED) is 0.673. The van der Waals surface area contributed by atoms with Gasteiger partial charge in [-0.3, -0.25) is 4.79 Å². The normalized spacial score (nSPS) is 24.6. The number of hydrogen-bond acceptors (Lipinski definition) is 5. The molecule has 2 N–H and O–H groups in total. The van der Waals surface area contributed by atoms with Gasteiger partial charge in [0.15, 0.2) is 0 Å². The van der Waals surface area contributed by atoms with E-state index < -0.39 is 48.4 Å². The van der Waals surface area contributed by atoms with E-state index in [1.165, 1.54) is 0 Å². The molecule has 1 aliphatic carbocycles. The van der Waals surface area contributed by atoms with Crippen LogP contribution in [-0.2, 0) is 19.1 Å². The number of hydrogen-bond donors (Lipinski definition) is 2. The third-order valence-electron chi connectivity index (χ3n) is 6.93. The Bertz CT molecular complexity index is 1130. The van der Waals surface area contributed by atoms with Crippen molar-refractivity contribution in [3.8, 4) is 11.1 Å². The topological polar surface area (TPSA) is 105 Å². The van der Waals surface area contributed by atoms with Crippen molar-refractivity contribution in [1.82, 2.24) is 10.2 Å². The predicted octanol–water partition coefficient (Wildman–Crippen LogP) is 3.01. The number of carboxylic acids is 1. The van der Waals surface area contributed by atoms with Crippen molar-refractivity contribution >= 4 is 18.0 Å². The highest BCUT2D eigenvalue weighted by Crippen LogP contribution is 2.44. The van der Waals surface area contributed by atoms with Gasteiger partial charge >= 0.3 is 12.1 Å². The van der Waals surface area contributed by atoms with Gasteiger partial charge in [0.25, 0.3) is 11.8 Å². The number of amides is 2. The van der Waals surface area contributed by atoms with E-state index in [9.17, 15) is 28.3 Å². The van der Waals surface area contributed by atoms with Crippen LogP contribution in [0, 0.1) is 0 Å². The van der Waals surface area contributed by atoms with Crippen LogP contribution in [0.5, 0.6) is 0 Å². The lowest BCUT2D eigenvalue weighted by atomic mass is 9.96. The summed E-state index contributed by atoms with van der Waals surface area (Å²) in [6.45, 7) is -1.18. The second-order valence-corrected chi connectivity index (χ2v) is 9.18. The molecular weight excluding hydrogens is 462 g/mol. The molecule has 2 saturated heterocycles. The van der Waals surface area contributed by atoms with Crippen molar-refractivity contribution in [3.05, 3.63) is 59.7 Å². The van der Waals surface area contributed by atoms with E-state index in [0.717, 1.165) is 22.3 Å². The van der Waals surface area contributed by atoms with Gasteiger partial charge in [-0.1, -0.05) is 48.5 Å². The molecule has 1 unspecified atom stereocenters. The van der Waals surface area contributed by atoms with Gasteiger partial charge in [0.2, 0.25) is 0 Å². The molecule has 184 valence electrons. The maximum atomic E-state index is 14.0. The molecule has 0 saturated carbocycles. The van der Waals surface area contributed by atoms with Crippen molar-refractivity contribution in [2.75, 3.05) is 26.4 Å². The van der Waals surface area contributed by atoms with Crippen LogP contribution < -0.4 is 5.32 Å². The number of halogens is 2. The zero-order valence-electron chi connectivity index (χ0n) is 18.7. The van der Waals surface area contributed by atoms with Crippen molar-refractivity contribution in [2.24, 2.45) is 0 Å². The van der Waals surface area contributed by atoms with E-state index in [4.69, 9.17) is 9.47 Å². The molecule has 2 aliphatic heterocycles. The Morgan fingerprint density at radius 1 is 1.09 bits per heavy atom. The molecule has 3 aliphatic rings. The van der Waals surface area contributed by atoms with Crippen LogP contribution in [0.15, 0.2) is 48.5 Å². The number of ether oxygens (including phenoxy) is 2. The Balaban J connectivity index is 1.31. The van der Waals surface area contributed by atoms with Crippen molar-refractivity contribution in [2.45, 2.75) is 36.3 Å². The number of alkyl carbamates (subject to hydrolysis) is 1. The first-order valence-electron chi connectivity index (χ1n) is 11.3. The van der Waals surface area contributed by atoms with Gasteiger partial charge in [0, 0.05) is 25.4 Å². The van der Waals surface area contributed by atoms with Gasteiger partial charge in [-0.2, -0.15) is 0 Å². The maximum absolute atomic E-state index is 14.0. The van der Waals surface area contributed by atoms with E-state index in [-0.39, 0.29) is 32.2 Å². The molecule has 5 rings (SSSR count). The summed E-state index contributed by atoms with van der Waals surface area (Å²) in [5.41, 5.74) is 2.47. The zero-order valence-corrected chi connectivity index (χ0v) is 18.7. The standard InChI is InChI=1S/C25H24F2N2O6/c26-25(27)11-20(21(30)31)29(13-25)22(32)24(9-10-34-14-24)28-23(33)35-12-19-17-7-3-1-5-15(17)16-6-2-4-8-18(16)19/h1-8,19-20H,9-14H2,(H,28,33)(H,30,31)/t20-,24?/m1/s1. The van der Waals surface area contributed by atoms with Crippen LogP contribution in [0.4, 0.5) is 13.6 Å². The summed E-state index contributed by atoms with van der Waals surface area (Å²) in [6.07, 6.45) is -1.86. The summed E-state index contributed by atoms with van der Waals surface area (Å²) in [7, 11) is 0. The average molecular weight is 486 g/mol. The van der Waals surface area contributed by atoms with Gasteiger partial charge in [-0.05, 0) is 22.3 Å². The van der Waals surface area contributed by atoms with E-state index >= 15 is 0 Å². The number of carboxylic acid groups (broad SMARTS) is 1. The predicted molar refractivity (Wildman–Crippen MR) is 119 cm³/mol. The molecule has 0 spiro atoms. The molecule has 0 radical (unpaired) electrons. The van der Waals surface area contributed by atoms with Crippen molar-refractivity contribution < 1.29 is 37.7 Å². The molecule has 0 bridgehead atoms. The number of fused-ring (bicyclic) bond motifs is 3. The van der Waals surface area contributed by atoms with Crippen molar-refractivity contribution in [1.29, 1.82) is 0 Å². The van der Waals surface area contributed by atoms with E-state index in [2.05, 4.69) is 5.32 Å². The Labute approximate surface area is 199 Å². The summed E-state index contributed by atoms with van der Waals surface area (Å²) >= 11 is 0. The molecule has 8 nitrogen and oxygen atoms in total. The number of rotatable bonds is 5. The summed E-state index contributed by atoms with van der Waals surface area (Å²) in [6, 6.07) is 14.0. The average Bonchev–Trinajstić information content (AvgIpc) is 3.52. The highest BCUT2D eigenvalue weighted by atomic mass is 19.3.